The first-order valence-electron chi connectivity index (χ1n) is 13.9. The Bertz CT molecular complexity index is 1370. The van der Waals surface area contributed by atoms with Crippen LogP contribution in [0.3, 0.4) is 0 Å². The first-order valence-corrected chi connectivity index (χ1v) is 14.2. The summed E-state index contributed by atoms with van der Waals surface area (Å²) in [6, 6.07) is 13.4. The zero-order valence-electron chi connectivity index (χ0n) is 23.1. The topological polar surface area (TPSA) is 159 Å². The van der Waals surface area contributed by atoms with Gasteiger partial charge < -0.3 is 30.7 Å². The van der Waals surface area contributed by atoms with Crippen LogP contribution in [0, 0.1) is 0 Å². The normalized spacial score (nSPS) is 17.5. The Morgan fingerprint density at radius 1 is 1.00 bits per heavy atom. The summed E-state index contributed by atoms with van der Waals surface area (Å²) in [5.74, 6) is -0.684. The highest BCUT2D eigenvalue weighted by Gasteiger charge is 2.23. The summed E-state index contributed by atoms with van der Waals surface area (Å²) in [6.07, 6.45) is 2.93. The van der Waals surface area contributed by atoms with E-state index in [-0.39, 0.29) is 60.9 Å². The fourth-order valence-electron chi connectivity index (χ4n) is 4.48. The molecule has 3 aromatic rings. The lowest BCUT2D eigenvalue weighted by Crippen LogP contribution is -2.50. The van der Waals surface area contributed by atoms with Crippen LogP contribution in [0.25, 0.3) is 0 Å². The molecule has 2 aromatic heterocycles. The van der Waals surface area contributed by atoms with Gasteiger partial charge in [0.15, 0.2) is 5.15 Å². The zero-order valence-corrected chi connectivity index (χ0v) is 23.9. The summed E-state index contributed by atoms with van der Waals surface area (Å²) in [7, 11) is 0. The quantitative estimate of drug-likeness (QED) is 0.348. The van der Waals surface area contributed by atoms with Crippen LogP contribution in [0.4, 0.5) is 5.69 Å². The first kappa shape index (κ1) is 30.5. The van der Waals surface area contributed by atoms with Crippen LogP contribution in [0.2, 0.25) is 5.15 Å². The molecule has 0 aliphatic carbocycles. The van der Waals surface area contributed by atoms with Crippen LogP contribution < -0.4 is 21.3 Å². The van der Waals surface area contributed by atoms with E-state index in [1.54, 1.807) is 23.1 Å². The molecular weight excluding hydrogens is 562 g/mol. The van der Waals surface area contributed by atoms with Crippen LogP contribution >= 0.6 is 11.6 Å². The van der Waals surface area contributed by atoms with Crippen LogP contribution in [0.1, 0.15) is 41.1 Å². The molecule has 1 aliphatic heterocycles. The average molecular weight is 596 g/mol. The Kier molecular flexibility index (Phi) is 11.3. The summed E-state index contributed by atoms with van der Waals surface area (Å²) in [4.78, 5) is 57.7. The highest BCUT2D eigenvalue weighted by Crippen LogP contribution is 2.12. The summed E-state index contributed by atoms with van der Waals surface area (Å²) in [5.41, 5.74) is 1.69. The number of aromatic nitrogens is 2. The van der Waals surface area contributed by atoms with Crippen LogP contribution in [0.5, 0.6) is 0 Å². The predicted molar refractivity (Wildman–Crippen MR) is 156 cm³/mol. The lowest BCUT2D eigenvalue weighted by atomic mass is 10.0. The number of aryl methyl sites for hydroxylation is 1. The maximum atomic E-state index is 13.3. The van der Waals surface area contributed by atoms with Gasteiger partial charge in [0, 0.05) is 76.4 Å². The highest BCUT2D eigenvalue weighted by atomic mass is 35.5. The molecule has 0 spiro atoms. The van der Waals surface area contributed by atoms with Crippen molar-refractivity contribution in [3.8, 4) is 0 Å². The minimum absolute atomic E-state index is 0.134. The molecule has 0 fully saturated rings. The van der Waals surface area contributed by atoms with Gasteiger partial charge in [-0.25, -0.2) is 0 Å². The molecule has 0 saturated heterocycles. The maximum absolute atomic E-state index is 13.3. The first-order chi connectivity index (χ1) is 20.4. The molecule has 4 rings (SSSR count). The number of amides is 4. The number of hydrogen-bond donors (Lipinski definition) is 4. The minimum Gasteiger partial charge on any atom is -0.383 e. The molecule has 3 heterocycles. The number of anilines is 1. The molecule has 2 bridgehead atoms. The smallest absolute Gasteiger partial charge is 0.270 e. The molecule has 4 amide bonds. The van der Waals surface area contributed by atoms with Crippen LogP contribution in [-0.4, -0.2) is 77.4 Å². The number of fused-ring (bicyclic) bond motifs is 2. The van der Waals surface area contributed by atoms with Crippen molar-refractivity contribution in [2.45, 2.75) is 38.1 Å². The number of halogens is 1. The largest absolute Gasteiger partial charge is 0.383 e. The van der Waals surface area contributed by atoms with Gasteiger partial charge in [-0.05, 0) is 24.1 Å². The number of nitrogens with one attached hydrogen (secondary N) is 4. The van der Waals surface area contributed by atoms with Crippen molar-refractivity contribution >= 4 is 40.9 Å². The van der Waals surface area contributed by atoms with E-state index in [1.165, 1.54) is 6.20 Å². The second kappa shape index (κ2) is 15.5. The second-order valence-corrected chi connectivity index (χ2v) is 10.2. The molecule has 12 nitrogen and oxygen atoms in total. The number of carbonyl (C=O) groups excluding carboxylic acids is 4. The Labute approximate surface area is 248 Å². The minimum atomic E-state index is -0.873. The second-order valence-electron chi connectivity index (χ2n) is 9.81. The zero-order chi connectivity index (χ0) is 29.7. The van der Waals surface area contributed by atoms with Crippen molar-refractivity contribution in [3.05, 3.63) is 76.9 Å². The van der Waals surface area contributed by atoms with E-state index in [2.05, 4.69) is 31.4 Å². The Hall–Kier alpha value is -4.45. The van der Waals surface area contributed by atoms with Crippen molar-refractivity contribution in [1.82, 2.24) is 31.0 Å². The van der Waals surface area contributed by atoms with E-state index in [4.69, 9.17) is 16.1 Å². The summed E-state index contributed by atoms with van der Waals surface area (Å²) < 4.78 is 5.09. The van der Waals surface area contributed by atoms with E-state index in [0.29, 0.717) is 43.9 Å². The van der Waals surface area contributed by atoms with E-state index in [9.17, 15) is 19.2 Å². The van der Waals surface area contributed by atoms with Gasteiger partial charge in [-0.1, -0.05) is 47.1 Å². The van der Waals surface area contributed by atoms with Gasteiger partial charge in [0.1, 0.15) is 17.5 Å². The van der Waals surface area contributed by atoms with Crippen LogP contribution in [-0.2, 0) is 27.2 Å². The molecule has 222 valence electrons. The fourth-order valence-corrected chi connectivity index (χ4v) is 4.63. The SMILES string of the molecule is O=C1CCCN(C(=O)CCc2cc(Cl)no2)CCNC(=O)[C@H](Cc2ccccc2)NC(=O)c2cc(ccn2)NCCN1. The van der Waals surface area contributed by atoms with Gasteiger partial charge in [-0.3, -0.25) is 24.2 Å². The van der Waals surface area contributed by atoms with Gasteiger partial charge in [0.2, 0.25) is 17.7 Å². The fraction of sp³-hybridized carbons (Fsp3) is 0.379. The van der Waals surface area contributed by atoms with Gasteiger partial charge in [-0.15, -0.1) is 0 Å². The molecule has 0 saturated carbocycles. The Morgan fingerprint density at radius 3 is 2.60 bits per heavy atom. The summed E-state index contributed by atoms with van der Waals surface area (Å²) >= 11 is 5.81. The molecule has 42 heavy (non-hydrogen) atoms. The summed E-state index contributed by atoms with van der Waals surface area (Å²) in [6.45, 7) is 1.53. The number of pyridine rings is 1. The van der Waals surface area contributed by atoms with Gasteiger partial charge in [0.05, 0.1) is 0 Å². The molecular formula is C29H34ClN7O5. The third-order valence-electron chi connectivity index (χ3n) is 6.65. The molecule has 13 heteroatoms. The Balaban J connectivity index is 1.47. The molecule has 0 unspecified atom stereocenters. The van der Waals surface area contributed by atoms with Gasteiger partial charge >= 0.3 is 0 Å². The van der Waals surface area contributed by atoms with Crippen molar-refractivity contribution in [1.29, 1.82) is 0 Å². The van der Waals surface area contributed by atoms with Crippen LogP contribution in [0.15, 0.2) is 59.3 Å². The monoisotopic (exact) mass is 595 g/mol. The van der Waals surface area contributed by atoms with E-state index < -0.39 is 11.9 Å². The van der Waals surface area contributed by atoms with E-state index in [0.717, 1.165) is 5.56 Å². The van der Waals surface area contributed by atoms with E-state index in [1.807, 2.05) is 30.3 Å². The van der Waals surface area contributed by atoms with Gasteiger partial charge in [-0.2, -0.15) is 0 Å². The van der Waals surface area contributed by atoms with E-state index >= 15 is 0 Å². The highest BCUT2D eigenvalue weighted by molar-refractivity contribution is 6.29. The molecule has 1 aliphatic rings. The van der Waals surface area contributed by atoms with Crippen molar-refractivity contribution < 1.29 is 23.7 Å². The molecule has 1 atom stereocenters. The average Bonchev–Trinajstić information content (AvgIpc) is 3.42. The van der Waals surface area contributed by atoms with Gasteiger partial charge in [0.25, 0.3) is 5.91 Å². The molecule has 0 radical (unpaired) electrons. The lowest BCUT2D eigenvalue weighted by molar-refractivity contribution is -0.132. The summed E-state index contributed by atoms with van der Waals surface area (Å²) in [5, 5.41) is 15.5. The lowest BCUT2D eigenvalue weighted by Gasteiger charge is -2.24. The number of carbonyl (C=O) groups is 4. The van der Waals surface area contributed by atoms with Crippen molar-refractivity contribution in [2.24, 2.45) is 0 Å². The molecule has 4 N–H and O–H groups in total. The molecule has 1 aromatic carbocycles. The third-order valence-corrected chi connectivity index (χ3v) is 6.83. The predicted octanol–water partition coefficient (Wildman–Crippen LogP) is 1.96. The number of rotatable bonds is 5. The van der Waals surface area contributed by atoms with Crippen molar-refractivity contribution in [2.75, 3.05) is 38.0 Å². The third kappa shape index (κ3) is 9.58. The Morgan fingerprint density at radius 2 is 1.81 bits per heavy atom. The maximum Gasteiger partial charge on any atom is 0.270 e. The number of nitrogens with zero attached hydrogens (tertiary/aromatic N) is 3. The number of hydrogen-bond acceptors (Lipinski definition) is 8. The standard InChI is InChI=1S/C29H34ClN7O5/c30-25-19-22(42-36-25)8-9-27(39)37-15-4-7-26(38)33-13-12-31-21-10-11-32-23(18-21)29(41)35-24(28(40)34-14-16-37)17-20-5-2-1-3-6-20/h1-3,5-6,10-11,18-19,24,31H,4,7-9,12-17H2,(H,33,38)(H,34,40)(H,35,41)/t24-/m0/s1. The number of benzene rings is 1. The van der Waals surface area contributed by atoms with Crippen molar-refractivity contribution in [3.63, 3.8) is 0 Å².